The first-order chi connectivity index (χ1) is 11.2. The van der Waals surface area contributed by atoms with Crippen LogP contribution in [0, 0.1) is 0 Å². The summed E-state index contributed by atoms with van der Waals surface area (Å²) in [6.45, 7) is 2.66. The predicted molar refractivity (Wildman–Crippen MR) is 92.7 cm³/mol. The molecule has 0 aliphatic heterocycles. The Kier molecular flexibility index (Phi) is 7.59. The van der Waals surface area contributed by atoms with E-state index in [-0.39, 0.29) is 24.3 Å². The number of carbonyl (C=O) groups excluding carboxylic acids is 2. The van der Waals surface area contributed by atoms with Gasteiger partial charge in [0.1, 0.15) is 0 Å². The standard InChI is InChI=1S/C18H27NO3S/c1-2-22-17(20)12-13-19(18(21)16-11-8-14-23-16)15-9-6-4-3-5-7-10-15/h8,11,14-15H,2-7,9-10,12-13H2,1H3. The van der Waals surface area contributed by atoms with Crippen molar-refractivity contribution >= 4 is 23.2 Å². The Hall–Kier alpha value is -1.36. The fourth-order valence-corrected chi connectivity index (χ4v) is 3.86. The second-order valence-corrected chi connectivity index (χ2v) is 6.98. The van der Waals surface area contributed by atoms with Crippen LogP contribution < -0.4 is 0 Å². The summed E-state index contributed by atoms with van der Waals surface area (Å²) < 4.78 is 5.02. The monoisotopic (exact) mass is 337 g/mol. The molecule has 4 nitrogen and oxygen atoms in total. The fourth-order valence-electron chi connectivity index (χ4n) is 3.18. The number of carbonyl (C=O) groups is 2. The molecule has 0 radical (unpaired) electrons. The maximum atomic E-state index is 12.9. The quantitative estimate of drug-likeness (QED) is 0.729. The number of amides is 1. The highest BCUT2D eigenvalue weighted by molar-refractivity contribution is 7.12. The summed E-state index contributed by atoms with van der Waals surface area (Å²) in [5.41, 5.74) is 0. The molecular weight excluding hydrogens is 310 g/mol. The number of rotatable bonds is 6. The molecule has 0 spiro atoms. The van der Waals surface area contributed by atoms with E-state index in [1.165, 1.54) is 30.6 Å². The Balaban J connectivity index is 2.05. The number of thiophene rings is 1. The zero-order chi connectivity index (χ0) is 16.5. The van der Waals surface area contributed by atoms with Gasteiger partial charge >= 0.3 is 5.97 Å². The van der Waals surface area contributed by atoms with E-state index in [0.29, 0.717) is 13.2 Å². The minimum absolute atomic E-state index is 0.0647. The maximum absolute atomic E-state index is 12.9. The van der Waals surface area contributed by atoms with Gasteiger partial charge in [0.05, 0.1) is 17.9 Å². The first-order valence-corrected chi connectivity index (χ1v) is 9.60. The van der Waals surface area contributed by atoms with Gasteiger partial charge in [0.25, 0.3) is 5.91 Å². The lowest BCUT2D eigenvalue weighted by molar-refractivity contribution is -0.143. The molecule has 1 saturated carbocycles. The van der Waals surface area contributed by atoms with Gasteiger partial charge in [0.15, 0.2) is 0 Å². The highest BCUT2D eigenvalue weighted by atomic mass is 32.1. The third-order valence-electron chi connectivity index (χ3n) is 4.37. The van der Waals surface area contributed by atoms with Gasteiger partial charge in [-0.2, -0.15) is 0 Å². The van der Waals surface area contributed by atoms with Crippen molar-refractivity contribution in [3.05, 3.63) is 22.4 Å². The van der Waals surface area contributed by atoms with Crippen LogP contribution in [0.1, 0.15) is 68.0 Å². The largest absolute Gasteiger partial charge is 0.466 e. The first kappa shape index (κ1) is 18.0. The molecule has 128 valence electrons. The molecular formula is C18H27NO3S. The van der Waals surface area contributed by atoms with E-state index in [9.17, 15) is 9.59 Å². The average Bonchev–Trinajstić information content (AvgIpc) is 3.03. The topological polar surface area (TPSA) is 46.6 Å². The minimum atomic E-state index is -0.220. The number of nitrogens with zero attached hydrogens (tertiary/aromatic N) is 1. The summed E-state index contributed by atoms with van der Waals surface area (Å²) >= 11 is 1.47. The van der Waals surface area contributed by atoms with Crippen LogP contribution in [-0.4, -0.2) is 36.0 Å². The van der Waals surface area contributed by atoms with Crippen molar-refractivity contribution < 1.29 is 14.3 Å². The van der Waals surface area contributed by atoms with Gasteiger partial charge in [0.2, 0.25) is 0 Å². The van der Waals surface area contributed by atoms with Crippen LogP contribution in [0.15, 0.2) is 17.5 Å². The van der Waals surface area contributed by atoms with Crippen LogP contribution in [0.2, 0.25) is 0 Å². The van der Waals surface area contributed by atoms with Crippen molar-refractivity contribution in [2.75, 3.05) is 13.2 Å². The third kappa shape index (κ3) is 5.65. The van der Waals surface area contributed by atoms with Crippen molar-refractivity contribution in [2.45, 2.75) is 64.3 Å². The molecule has 0 N–H and O–H groups in total. The van der Waals surface area contributed by atoms with E-state index < -0.39 is 0 Å². The molecule has 0 unspecified atom stereocenters. The molecule has 1 aromatic rings. The summed E-state index contributed by atoms with van der Waals surface area (Å²) in [5.74, 6) is -0.155. The Morgan fingerprint density at radius 2 is 1.91 bits per heavy atom. The zero-order valence-corrected chi connectivity index (χ0v) is 14.8. The molecule has 1 amide bonds. The van der Waals surface area contributed by atoms with E-state index in [1.807, 2.05) is 22.4 Å². The highest BCUT2D eigenvalue weighted by Gasteiger charge is 2.26. The molecule has 1 aliphatic rings. The van der Waals surface area contributed by atoms with Crippen molar-refractivity contribution in [3.8, 4) is 0 Å². The third-order valence-corrected chi connectivity index (χ3v) is 5.23. The fraction of sp³-hybridized carbons (Fsp3) is 0.667. The number of esters is 1. The van der Waals surface area contributed by atoms with Crippen LogP contribution in [0.4, 0.5) is 0 Å². The summed E-state index contributed by atoms with van der Waals surface area (Å²) in [4.78, 5) is 27.2. The van der Waals surface area contributed by atoms with Crippen LogP contribution >= 0.6 is 11.3 Å². The molecule has 0 bridgehead atoms. The number of hydrogen-bond acceptors (Lipinski definition) is 4. The van der Waals surface area contributed by atoms with Gasteiger partial charge in [0, 0.05) is 12.6 Å². The molecule has 0 aromatic carbocycles. The summed E-state index contributed by atoms with van der Waals surface area (Å²) in [7, 11) is 0. The van der Waals surface area contributed by atoms with Crippen molar-refractivity contribution in [1.29, 1.82) is 0 Å². The molecule has 23 heavy (non-hydrogen) atoms. The van der Waals surface area contributed by atoms with E-state index in [2.05, 4.69) is 0 Å². The highest BCUT2D eigenvalue weighted by Crippen LogP contribution is 2.24. The summed E-state index contributed by atoms with van der Waals surface area (Å²) in [6.07, 6.45) is 8.48. The van der Waals surface area contributed by atoms with Gasteiger partial charge in [-0.3, -0.25) is 9.59 Å². The smallest absolute Gasteiger partial charge is 0.307 e. The SMILES string of the molecule is CCOC(=O)CCN(C(=O)c1cccs1)C1CCCCCCC1. The van der Waals surface area contributed by atoms with Gasteiger partial charge in [-0.1, -0.05) is 38.2 Å². The normalized spacial score (nSPS) is 16.4. The Morgan fingerprint density at radius 1 is 1.22 bits per heavy atom. The molecule has 0 saturated heterocycles. The van der Waals surface area contributed by atoms with Gasteiger partial charge in [-0.05, 0) is 31.2 Å². The van der Waals surface area contributed by atoms with Gasteiger partial charge in [-0.15, -0.1) is 11.3 Å². The second-order valence-electron chi connectivity index (χ2n) is 6.03. The Bertz CT molecular complexity index is 478. The molecule has 1 aliphatic carbocycles. The Labute approximate surface area is 142 Å². The van der Waals surface area contributed by atoms with E-state index in [0.717, 1.165) is 30.6 Å². The van der Waals surface area contributed by atoms with E-state index in [4.69, 9.17) is 4.74 Å². The number of hydrogen-bond donors (Lipinski definition) is 0. The summed E-state index contributed by atoms with van der Waals surface area (Å²) in [6, 6.07) is 4.02. The van der Waals surface area contributed by atoms with Crippen LogP contribution in [0.25, 0.3) is 0 Å². The molecule has 1 aromatic heterocycles. The number of ether oxygens (including phenoxy) is 1. The van der Waals surface area contributed by atoms with Crippen LogP contribution in [-0.2, 0) is 9.53 Å². The first-order valence-electron chi connectivity index (χ1n) is 8.72. The lowest BCUT2D eigenvalue weighted by Crippen LogP contribution is -2.41. The van der Waals surface area contributed by atoms with Gasteiger partial charge < -0.3 is 9.64 Å². The Morgan fingerprint density at radius 3 is 2.52 bits per heavy atom. The summed E-state index contributed by atoms with van der Waals surface area (Å²) in [5, 5.41) is 1.93. The van der Waals surface area contributed by atoms with Crippen LogP contribution in [0.3, 0.4) is 0 Å². The van der Waals surface area contributed by atoms with Crippen LogP contribution in [0.5, 0.6) is 0 Å². The van der Waals surface area contributed by atoms with E-state index in [1.54, 1.807) is 6.92 Å². The second kappa shape index (κ2) is 9.71. The molecule has 0 atom stereocenters. The van der Waals surface area contributed by atoms with Gasteiger partial charge in [-0.25, -0.2) is 0 Å². The van der Waals surface area contributed by atoms with Crippen molar-refractivity contribution in [1.82, 2.24) is 4.90 Å². The molecule has 1 fully saturated rings. The maximum Gasteiger partial charge on any atom is 0.307 e. The predicted octanol–water partition coefficient (Wildman–Crippen LogP) is 4.26. The zero-order valence-electron chi connectivity index (χ0n) is 14.0. The average molecular weight is 337 g/mol. The van der Waals surface area contributed by atoms with Crippen molar-refractivity contribution in [2.24, 2.45) is 0 Å². The lowest BCUT2D eigenvalue weighted by atomic mass is 9.95. The molecule has 5 heteroatoms. The van der Waals surface area contributed by atoms with Crippen molar-refractivity contribution in [3.63, 3.8) is 0 Å². The molecule has 1 heterocycles. The molecule has 2 rings (SSSR count). The minimum Gasteiger partial charge on any atom is -0.466 e. The lowest BCUT2D eigenvalue weighted by Gasteiger charge is -2.32. The van der Waals surface area contributed by atoms with E-state index >= 15 is 0 Å².